The van der Waals surface area contributed by atoms with E-state index >= 15 is 0 Å². The van der Waals surface area contributed by atoms with Crippen LogP contribution in [0.15, 0.2) is 12.1 Å². The Kier molecular flexibility index (Phi) is 2.00. The van der Waals surface area contributed by atoms with Crippen LogP contribution < -0.4 is 9.47 Å². The molecule has 1 heterocycles. The molecular weight excluding hydrogens is 168 g/mol. The molecule has 0 amide bonds. The topological polar surface area (TPSA) is 31.3 Å². The summed E-state index contributed by atoms with van der Waals surface area (Å²) < 4.78 is 14.8. The van der Waals surface area contributed by atoms with Gasteiger partial charge in [-0.3, -0.25) is 0 Å². The van der Waals surface area contributed by atoms with Crippen molar-refractivity contribution in [1.82, 2.24) is 0 Å². The molecule has 1 N–H and O–H groups in total. The van der Waals surface area contributed by atoms with Crippen molar-refractivity contribution in [3.05, 3.63) is 17.7 Å². The molecule has 0 spiro atoms. The fourth-order valence-corrected chi connectivity index (χ4v) is 1.43. The van der Waals surface area contributed by atoms with E-state index in [0.29, 0.717) is 6.79 Å². The highest BCUT2D eigenvalue weighted by atomic mass is 16.7. The minimum absolute atomic E-state index is 0.416. The number of aryl methyl sites for hydroxylation is 1. The summed E-state index contributed by atoms with van der Waals surface area (Å²) in [5.41, 5.74) is 1.22. The van der Waals surface area contributed by atoms with Crippen molar-refractivity contribution in [3.63, 3.8) is 0 Å². The van der Waals surface area contributed by atoms with Crippen LogP contribution in [0.1, 0.15) is 12.5 Å². The van der Waals surface area contributed by atoms with E-state index < -0.39 is 0 Å². The lowest BCUT2D eigenvalue weighted by Crippen LogP contribution is -1.90. The Morgan fingerprint density at radius 1 is 1.54 bits per heavy atom. The number of hydrogen-bond donors (Lipinski definition) is 0. The van der Waals surface area contributed by atoms with Gasteiger partial charge in [-0.2, -0.15) is 0 Å². The van der Waals surface area contributed by atoms with Gasteiger partial charge >= 0.3 is 12.5 Å². The number of benzene rings is 1. The Labute approximate surface area is 77.2 Å². The van der Waals surface area contributed by atoms with Crippen molar-refractivity contribution in [2.45, 2.75) is 13.3 Å². The third-order valence-electron chi connectivity index (χ3n) is 2.17. The van der Waals surface area contributed by atoms with Crippen LogP contribution in [0, 0.1) is 0 Å². The number of aliphatic hydroxyl groups is 1. The normalized spacial score (nSPS) is 13.1. The number of methoxy groups -OCH3 is 1. The van der Waals surface area contributed by atoms with E-state index in [1.165, 1.54) is 5.56 Å². The van der Waals surface area contributed by atoms with E-state index in [0.717, 1.165) is 23.7 Å². The summed E-state index contributed by atoms with van der Waals surface area (Å²) in [4.78, 5) is 0. The zero-order chi connectivity index (χ0) is 9.26. The van der Waals surface area contributed by atoms with E-state index in [1.54, 1.807) is 7.11 Å². The van der Waals surface area contributed by atoms with Gasteiger partial charge in [0, 0.05) is 0 Å². The molecule has 13 heavy (non-hydrogen) atoms. The first kappa shape index (κ1) is 8.23. The predicted molar refractivity (Wildman–Crippen MR) is 49.5 cm³/mol. The Balaban J connectivity index is 2.49. The van der Waals surface area contributed by atoms with E-state index in [-0.39, 0.29) is 0 Å². The second kappa shape index (κ2) is 3.17. The van der Waals surface area contributed by atoms with Gasteiger partial charge in [0.15, 0.2) is 0 Å². The molecule has 1 aromatic rings. The first-order valence-corrected chi connectivity index (χ1v) is 4.36. The molecular formula is C10H13O3+. The summed E-state index contributed by atoms with van der Waals surface area (Å²) in [6.07, 6.45) is 0.979. The van der Waals surface area contributed by atoms with Gasteiger partial charge in [-0.25, -0.2) is 0 Å². The molecule has 0 bridgehead atoms. The Bertz CT molecular complexity index is 320. The van der Waals surface area contributed by atoms with Gasteiger partial charge in [-0.15, -0.1) is 0 Å². The maximum atomic E-state index is 5.34. The van der Waals surface area contributed by atoms with Gasteiger partial charge in [0.2, 0.25) is 11.5 Å². The summed E-state index contributed by atoms with van der Waals surface area (Å²) in [5, 5.41) is 0. The number of fused-ring (bicyclic) bond motifs is 1. The molecule has 2 rings (SSSR count). The number of ether oxygens (including phenoxy) is 3. The third kappa shape index (κ3) is 1.30. The van der Waals surface area contributed by atoms with Crippen LogP contribution in [0.3, 0.4) is 0 Å². The van der Waals surface area contributed by atoms with Crippen LogP contribution in [0.5, 0.6) is 17.2 Å². The molecule has 0 radical (unpaired) electrons. The third-order valence-corrected chi connectivity index (χ3v) is 2.17. The van der Waals surface area contributed by atoms with Crippen LogP contribution in [-0.2, 0) is 6.42 Å². The van der Waals surface area contributed by atoms with Crippen LogP contribution in [-0.4, -0.2) is 18.6 Å². The van der Waals surface area contributed by atoms with E-state index in [1.807, 2.05) is 12.1 Å². The Morgan fingerprint density at radius 3 is 3.08 bits per heavy atom. The lowest BCUT2D eigenvalue weighted by Gasteiger charge is -2.03. The van der Waals surface area contributed by atoms with Crippen molar-refractivity contribution < 1.29 is 14.2 Å². The second-order valence-electron chi connectivity index (χ2n) is 2.93. The lowest BCUT2D eigenvalue weighted by atomic mass is 10.1. The minimum Gasteiger partial charge on any atom is -0.548 e. The van der Waals surface area contributed by atoms with Gasteiger partial charge in [0.1, 0.15) is 0 Å². The standard InChI is InChI=1S/C10H12O3/c1-3-7-4-8(11-2)10-9(5-7)12-6-13-10/h4-5H,3,6H2,1-2H3/p+1. The molecule has 1 aliphatic rings. The first-order valence-electron chi connectivity index (χ1n) is 4.36. The average Bonchev–Trinajstić information content (AvgIpc) is 2.63. The van der Waals surface area contributed by atoms with Gasteiger partial charge in [0.05, 0.1) is 7.11 Å². The summed E-state index contributed by atoms with van der Waals surface area (Å²) in [6.45, 7) is 2.52. The number of aromatic hydroxyl groups is 1. The molecule has 70 valence electrons. The zero-order valence-electron chi connectivity index (χ0n) is 7.83. The molecule has 0 aliphatic carbocycles. The van der Waals surface area contributed by atoms with Crippen LogP contribution in [0.2, 0.25) is 0 Å². The van der Waals surface area contributed by atoms with Gasteiger partial charge in [-0.1, -0.05) is 6.92 Å². The summed E-state index contributed by atoms with van der Waals surface area (Å²) in [5.74, 6) is 2.50. The van der Waals surface area contributed by atoms with Crippen LogP contribution >= 0.6 is 0 Å². The second-order valence-corrected chi connectivity index (χ2v) is 2.93. The highest BCUT2D eigenvalue weighted by Gasteiger charge is 2.24. The number of rotatable bonds is 2. The lowest BCUT2D eigenvalue weighted by molar-refractivity contribution is 0.000258. The molecule has 0 aromatic heterocycles. The fraction of sp³-hybridized carbons (Fsp3) is 0.400. The van der Waals surface area contributed by atoms with Crippen molar-refractivity contribution >= 4 is 0 Å². The maximum Gasteiger partial charge on any atom is 0.343 e. The summed E-state index contributed by atoms with van der Waals surface area (Å²) >= 11 is 0. The zero-order valence-corrected chi connectivity index (χ0v) is 7.83. The van der Waals surface area contributed by atoms with Gasteiger partial charge < -0.3 is 14.2 Å². The quantitative estimate of drug-likeness (QED) is 0.652. The largest absolute Gasteiger partial charge is 0.548 e. The average molecular weight is 181 g/mol. The molecule has 3 nitrogen and oxygen atoms in total. The molecule has 1 aliphatic heterocycles. The van der Waals surface area contributed by atoms with Crippen molar-refractivity contribution in [1.29, 1.82) is 0 Å². The Hall–Kier alpha value is -1.38. The Morgan fingerprint density at radius 2 is 2.38 bits per heavy atom. The van der Waals surface area contributed by atoms with Crippen LogP contribution in [0.4, 0.5) is 0 Å². The summed E-state index contributed by atoms with van der Waals surface area (Å²) in [7, 11) is 1.66. The SMILES string of the molecule is CCc1cc(OC)c2c(c1)OC[OH+]2. The van der Waals surface area contributed by atoms with Crippen molar-refractivity contribution in [3.8, 4) is 17.2 Å². The summed E-state index contributed by atoms with van der Waals surface area (Å²) in [6, 6.07) is 4.03. The maximum absolute atomic E-state index is 5.34. The van der Waals surface area contributed by atoms with Crippen molar-refractivity contribution in [2.75, 3.05) is 13.9 Å². The molecule has 0 atom stereocenters. The smallest absolute Gasteiger partial charge is 0.343 e. The number of hydrogen-bond acceptors (Lipinski definition) is 2. The molecule has 0 unspecified atom stereocenters. The molecule has 0 saturated carbocycles. The van der Waals surface area contributed by atoms with E-state index in [4.69, 9.17) is 9.47 Å². The molecule has 0 fully saturated rings. The van der Waals surface area contributed by atoms with Crippen molar-refractivity contribution in [2.24, 2.45) is 0 Å². The highest BCUT2D eigenvalue weighted by Crippen LogP contribution is 2.42. The van der Waals surface area contributed by atoms with Crippen LogP contribution in [0.25, 0.3) is 0 Å². The minimum atomic E-state index is 0.416. The van der Waals surface area contributed by atoms with E-state index in [9.17, 15) is 0 Å². The first-order chi connectivity index (χ1) is 6.35. The molecule has 0 saturated heterocycles. The highest BCUT2D eigenvalue weighted by molar-refractivity contribution is 5.54. The fourth-order valence-electron chi connectivity index (χ4n) is 1.43. The monoisotopic (exact) mass is 181 g/mol. The van der Waals surface area contributed by atoms with E-state index in [2.05, 4.69) is 11.7 Å². The van der Waals surface area contributed by atoms with Gasteiger partial charge in [0.25, 0.3) is 0 Å². The van der Waals surface area contributed by atoms with Gasteiger partial charge in [-0.05, 0) is 24.1 Å². The molecule has 3 heteroatoms. The molecule has 1 aromatic carbocycles. The predicted octanol–water partition coefficient (Wildman–Crippen LogP) is 1.85.